The lowest BCUT2D eigenvalue weighted by molar-refractivity contribution is -0.142. The standard InChI is InChI=1S/C36H46ClFN6O10S/c1-35(2,3)54-33(49)39-27-20-42(29(45)16-37)13-6-4-5-9-22-15-36(22,32(48)41-55(51,52)24-11-12-24)40-30(46)28-14-23(18-44(28)31(27)47)53-34(50)43-17-21-8-7-10-26(38)25(21)19-43/h5,7-10,22-24,27-28H,4,6,11-20H2,1-3H3,(H,39,49)(H,40,46)(H,41,48)/b9-5-/t22-,23+,27-,28-,36+/m0/s1. The molecule has 6 rings (SSSR count). The fraction of sp³-hybridized carbons (Fsp3) is 0.611. The molecule has 5 aliphatic rings. The SMILES string of the molecule is CC(C)(C)OC(=O)N[C@H]1CN(C(=O)CCl)CCC/C=C\[C@H]2C[C@@]2(C(=O)NS(=O)(=O)C2CC2)NC(=O)[C@@H]2C[C@@H](OC(=O)N3Cc4cccc(F)c4C3)CN2C1=O. The number of amides is 6. The summed E-state index contributed by atoms with van der Waals surface area (Å²) in [4.78, 5) is 85.8. The van der Waals surface area contributed by atoms with Crippen molar-refractivity contribution in [3.8, 4) is 0 Å². The number of ether oxygens (including phenoxy) is 2. The van der Waals surface area contributed by atoms with Gasteiger partial charge in [0.2, 0.25) is 27.7 Å². The Kier molecular flexibility index (Phi) is 11.4. The van der Waals surface area contributed by atoms with Gasteiger partial charge in [0.05, 0.1) is 24.9 Å². The Labute approximate surface area is 323 Å². The van der Waals surface area contributed by atoms with Crippen LogP contribution >= 0.6 is 11.6 Å². The van der Waals surface area contributed by atoms with Crippen molar-refractivity contribution in [2.75, 3.05) is 25.5 Å². The number of benzene rings is 1. The van der Waals surface area contributed by atoms with Gasteiger partial charge in [0.25, 0.3) is 5.91 Å². The molecule has 19 heteroatoms. The van der Waals surface area contributed by atoms with Crippen molar-refractivity contribution in [3.05, 3.63) is 47.3 Å². The highest BCUT2D eigenvalue weighted by Gasteiger charge is 2.62. The van der Waals surface area contributed by atoms with E-state index in [4.69, 9.17) is 21.1 Å². The van der Waals surface area contributed by atoms with Crippen LogP contribution in [0, 0.1) is 11.7 Å². The molecule has 16 nitrogen and oxygen atoms in total. The summed E-state index contributed by atoms with van der Waals surface area (Å²) < 4.78 is 53.4. The Balaban J connectivity index is 1.31. The summed E-state index contributed by atoms with van der Waals surface area (Å²) in [5.41, 5.74) is -1.65. The lowest BCUT2D eigenvalue weighted by Gasteiger charge is -2.33. The largest absolute Gasteiger partial charge is 0.444 e. The molecule has 3 heterocycles. The Hall–Kier alpha value is -4.45. The van der Waals surface area contributed by atoms with Gasteiger partial charge in [0.15, 0.2) is 0 Å². The molecule has 3 fully saturated rings. The van der Waals surface area contributed by atoms with E-state index in [0.717, 1.165) is 4.90 Å². The molecule has 0 unspecified atom stereocenters. The predicted octanol–water partition coefficient (Wildman–Crippen LogP) is 2.04. The van der Waals surface area contributed by atoms with Crippen LogP contribution < -0.4 is 15.4 Å². The van der Waals surface area contributed by atoms with Gasteiger partial charge >= 0.3 is 12.2 Å². The third-order valence-corrected chi connectivity index (χ3v) is 12.3. The first-order valence-corrected chi connectivity index (χ1v) is 20.4. The predicted molar refractivity (Wildman–Crippen MR) is 194 cm³/mol. The second kappa shape index (κ2) is 15.6. The molecule has 1 saturated heterocycles. The van der Waals surface area contributed by atoms with Gasteiger partial charge in [-0.25, -0.2) is 22.4 Å². The number of fused-ring (bicyclic) bond motifs is 3. The van der Waals surface area contributed by atoms with Crippen molar-refractivity contribution in [1.29, 1.82) is 0 Å². The summed E-state index contributed by atoms with van der Waals surface area (Å²) in [5, 5.41) is 4.57. The van der Waals surface area contributed by atoms with Crippen LogP contribution in [0.2, 0.25) is 0 Å². The summed E-state index contributed by atoms with van der Waals surface area (Å²) >= 11 is 5.94. The van der Waals surface area contributed by atoms with Crippen LogP contribution in [-0.4, -0.2) is 119 Å². The van der Waals surface area contributed by atoms with Gasteiger partial charge < -0.3 is 29.9 Å². The molecule has 6 amide bonds. The van der Waals surface area contributed by atoms with Crippen LogP contribution in [0.5, 0.6) is 0 Å². The van der Waals surface area contributed by atoms with Crippen molar-refractivity contribution < 1.29 is 51.0 Å². The van der Waals surface area contributed by atoms with Crippen LogP contribution in [0.1, 0.15) is 70.4 Å². The van der Waals surface area contributed by atoms with Gasteiger partial charge in [-0.05, 0) is 64.5 Å². The van der Waals surface area contributed by atoms with Gasteiger partial charge in [-0.1, -0.05) is 24.3 Å². The fourth-order valence-corrected chi connectivity index (χ4v) is 8.72. The molecule has 5 atom stereocenters. The number of carbonyl (C=O) groups is 6. The van der Waals surface area contributed by atoms with Gasteiger partial charge in [-0.2, -0.15) is 0 Å². The summed E-state index contributed by atoms with van der Waals surface area (Å²) in [5.74, 6) is -4.53. The van der Waals surface area contributed by atoms with Crippen LogP contribution in [0.3, 0.4) is 0 Å². The molecule has 3 aliphatic heterocycles. The summed E-state index contributed by atoms with van der Waals surface area (Å²) in [7, 11) is -3.98. The number of allylic oxidation sites excluding steroid dienone is 1. The maximum atomic E-state index is 14.6. The second-order valence-electron chi connectivity index (χ2n) is 15.7. The zero-order valence-corrected chi connectivity index (χ0v) is 32.4. The molecule has 55 heavy (non-hydrogen) atoms. The highest BCUT2D eigenvalue weighted by Crippen LogP contribution is 2.46. The minimum Gasteiger partial charge on any atom is -0.444 e. The van der Waals surface area contributed by atoms with Gasteiger partial charge in [-0.3, -0.25) is 28.8 Å². The number of nitrogens with zero attached hydrogens (tertiary/aromatic N) is 3. The van der Waals surface area contributed by atoms with Crippen molar-refractivity contribution in [3.63, 3.8) is 0 Å². The number of alkyl carbamates (subject to hydrolysis) is 1. The van der Waals surface area contributed by atoms with E-state index in [1.54, 1.807) is 39.0 Å². The number of alkyl halides is 1. The molecular formula is C36H46ClFN6O10S. The Morgan fingerprint density at radius 2 is 1.84 bits per heavy atom. The molecule has 0 spiro atoms. The van der Waals surface area contributed by atoms with Gasteiger partial charge in [0, 0.05) is 31.0 Å². The quantitative estimate of drug-likeness (QED) is 0.282. The summed E-state index contributed by atoms with van der Waals surface area (Å²) in [6, 6.07) is 1.68. The average molecular weight is 809 g/mol. The number of sulfonamides is 1. The first-order valence-electron chi connectivity index (χ1n) is 18.3. The van der Waals surface area contributed by atoms with E-state index < -0.39 is 98.0 Å². The van der Waals surface area contributed by atoms with Crippen molar-refractivity contribution in [2.45, 2.75) is 107 Å². The molecule has 1 aromatic rings. The average Bonchev–Trinajstić information content (AvgIpc) is 3.99. The van der Waals surface area contributed by atoms with E-state index in [1.165, 1.54) is 21.9 Å². The normalized spacial score (nSPS) is 27.7. The smallest absolute Gasteiger partial charge is 0.410 e. The lowest BCUT2D eigenvalue weighted by Crippen LogP contribution is -2.60. The van der Waals surface area contributed by atoms with Crippen LogP contribution in [0.15, 0.2) is 30.4 Å². The molecule has 0 aromatic heterocycles. The minimum atomic E-state index is -3.98. The lowest BCUT2D eigenvalue weighted by atomic mass is 10.1. The van der Waals surface area contributed by atoms with Crippen molar-refractivity contribution in [1.82, 2.24) is 30.1 Å². The molecule has 3 N–H and O–H groups in total. The van der Waals surface area contributed by atoms with Crippen LogP contribution in [0.4, 0.5) is 14.0 Å². The van der Waals surface area contributed by atoms with E-state index in [1.807, 2.05) is 0 Å². The van der Waals surface area contributed by atoms with Gasteiger partial charge in [-0.15, -0.1) is 11.6 Å². The number of carbonyl (C=O) groups excluding carboxylic acids is 6. The zero-order chi connectivity index (χ0) is 39.9. The summed E-state index contributed by atoms with van der Waals surface area (Å²) in [6.07, 6.45) is 2.10. The maximum Gasteiger partial charge on any atom is 0.410 e. The Bertz CT molecular complexity index is 1890. The monoisotopic (exact) mass is 808 g/mol. The maximum absolute atomic E-state index is 14.6. The van der Waals surface area contributed by atoms with Crippen molar-refractivity contribution in [2.24, 2.45) is 5.92 Å². The molecule has 0 radical (unpaired) electrons. The number of rotatable bonds is 6. The van der Waals surface area contributed by atoms with E-state index in [-0.39, 0.29) is 45.6 Å². The summed E-state index contributed by atoms with van der Waals surface area (Å²) in [6.45, 7) is 4.37. The Morgan fingerprint density at radius 1 is 1.09 bits per heavy atom. The molecular weight excluding hydrogens is 763 g/mol. The third-order valence-electron chi connectivity index (χ3n) is 10.3. The number of nitrogens with one attached hydrogen (secondary N) is 3. The van der Waals surface area contributed by atoms with E-state index in [9.17, 15) is 41.6 Å². The highest BCUT2D eigenvalue weighted by molar-refractivity contribution is 7.91. The first kappa shape index (κ1) is 40.2. The van der Waals surface area contributed by atoms with Crippen LogP contribution in [-0.2, 0) is 51.8 Å². The van der Waals surface area contributed by atoms with Crippen molar-refractivity contribution >= 4 is 57.4 Å². The number of hydrogen-bond acceptors (Lipinski definition) is 10. The molecule has 300 valence electrons. The molecule has 0 bridgehead atoms. The third kappa shape index (κ3) is 9.17. The fourth-order valence-electron chi connectivity index (χ4n) is 7.19. The van der Waals surface area contributed by atoms with E-state index >= 15 is 0 Å². The van der Waals surface area contributed by atoms with E-state index in [2.05, 4.69) is 15.4 Å². The first-order chi connectivity index (χ1) is 25.9. The second-order valence-corrected chi connectivity index (χ2v) is 17.9. The Morgan fingerprint density at radius 3 is 2.51 bits per heavy atom. The molecule has 2 saturated carbocycles. The zero-order valence-electron chi connectivity index (χ0n) is 30.8. The topological polar surface area (TPSA) is 201 Å². The molecule has 1 aromatic carbocycles. The highest BCUT2D eigenvalue weighted by atomic mass is 35.5. The molecule has 2 aliphatic carbocycles. The van der Waals surface area contributed by atoms with Crippen LogP contribution in [0.25, 0.3) is 0 Å². The number of hydrogen-bond donors (Lipinski definition) is 3. The van der Waals surface area contributed by atoms with E-state index in [0.29, 0.717) is 36.8 Å². The minimum absolute atomic E-state index is 0.0528. The number of halogens is 2. The van der Waals surface area contributed by atoms with Gasteiger partial charge in [0.1, 0.15) is 41.0 Å².